The fourth-order valence-electron chi connectivity index (χ4n) is 1.03. The number of hydrogen-bond acceptors (Lipinski definition) is 3. The Hall–Kier alpha value is -2.34. The van der Waals surface area contributed by atoms with Crippen LogP contribution in [0.4, 0.5) is 18.9 Å². The van der Waals surface area contributed by atoms with Gasteiger partial charge in [0, 0.05) is 11.6 Å². The van der Waals surface area contributed by atoms with Gasteiger partial charge in [-0.1, -0.05) is 11.8 Å². The molecule has 88 valence electrons. The predicted molar refractivity (Wildman–Crippen MR) is 54.6 cm³/mol. The number of nitrogens with zero attached hydrogens (tertiary/aromatic N) is 1. The van der Waals surface area contributed by atoms with E-state index >= 15 is 0 Å². The maximum atomic E-state index is 11.9. The van der Waals surface area contributed by atoms with Crippen LogP contribution in [0.1, 0.15) is 12.0 Å². The van der Waals surface area contributed by atoms with Crippen molar-refractivity contribution < 1.29 is 17.9 Å². The van der Waals surface area contributed by atoms with Crippen LogP contribution in [0, 0.1) is 23.2 Å². The number of rotatable bonds is 1. The van der Waals surface area contributed by atoms with Gasteiger partial charge in [-0.05, 0) is 12.1 Å². The van der Waals surface area contributed by atoms with Crippen molar-refractivity contribution in [3.05, 3.63) is 23.8 Å². The summed E-state index contributed by atoms with van der Waals surface area (Å²) in [6.07, 6.45) is -4.72. The Bertz CT molecular complexity index is 506. The number of nitrogens with two attached hydrogens (primary N) is 1. The van der Waals surface area contributed by atoms with Gasteiger partial charge in [0.05, 0.1) is 18.2 Å². The van der Waals surface area contributed by atoms with Gasteiger partial charge < -0.3 is 10.5 Å². The van der Waals surface area contributed by atoms with E-state index in [-0.39, 0.29) is 12.1 Å². The van der Waals surface area contributed by atoms with E-state index in [0.29, 0.717) is 5.56 Å². The first-order valence-electron chi connectivity index (χ1n) is 4.43. The molecule has 0 amide bonds. The van der Waals surface area contributed by atoms with Crippen molar-refractivity contribution in [1.29, 1.82) is 5.26 Å². The van der Waals surface area contributed by atoms with Crippen LogP contribution in [0.2, 0.25) is 0 Å². The van der Waals surface area contributed by atoms with Gasteiger partial charge in [-0.3, -0.25) is 0 Å². The second-order valence-corrected chi connectivity index (χ2v) is 2.93. The molecule has 1 aromatic rings. The minimum Gasteiger partial charge on any atom is -0.406 e. The summed E-state index contributed by atoms with van der Waals surface area (Å²) < 4.78 is 39.4. The second-order valence-electron chi connectivity index (χ2n) is 2.93. The summed E-state index contributed by atoms with van der Waals surface area (Å²) in [6, 6.07) is 5.26. The Kier molecular flexibility index (Phi) is 3.84. The average molecular weight is 240 g/mol. The quantitative estimate of drug-likeness (QED) is 0.605. The van der Waals surface area contributed by atoms with Crippen molar-refractivity contribution in [3.8, 4) is 23.7 Å². The number of alkyl halides is 3. The number of anilines is 1. The average Bonchev–Trinajstić information content (AvgIpc) is 2.19. The largest absolute Gasteiger partial charge is 0.573 e. The van der Waals surface area contributed by atoms with Crippen LogP contribution >= 0.6 is 0 Å². The Balaban J connectivity index is 2.89. The molecule has 6 heteroatoms. The van der Waals surface area contributed by atoms with Crippen LogP contribution in [-0.4, -0.2) is 6.36 Å². The zero-order valence-electron chi connectivity index (χ0n) is 8.51. The van der Waals surface area contributed by atoms with Gasteiger partial charge in [-0.2, -0.15) is 5.26 Å². The van der Waals surface area contributed by atoms with Gasteiger partial charge in [-0.25, -0.2) is 0 Å². The Morgan fingerprint density at radius 3 is 2.59 bits per heavy atom. The molecular weight excluding hydrogens is 233 g/mol. The summed E-state index contributed by atoms with van der Waals surface area (Å²) >= 11 is 0. The minimum atomic E-state index is -4.75. The Morgan fingerprint density at radius 2 is 2.06 bits per heavy atom. The first-order valence-corrected chi connectivity index (χ1v) is 4.43. The molecule has 0 atom stereocenters. The second kappa shape index (κ2) is 5.13. The van der Waals surface area contributed by atoms with Crippen LogP contribution < -0.4 is 10.5 Å². The highest BCUT2D eigenvalue weighted by molar-refractivity contribution is 5.58. The van der Waals surface area contributed by atoms with E-state index < -0.39 is 12.1 Å². The number of nitriles is 1. The number of hydrogen-bond donors (Lipinski definition) is 1. The van der Waals surface area contributed by atoms with Crippen molar-refractivity contribution >= 4 is 5.69 Å². The lowest BCUT2D eigenvalue weighted by Gasteiger charge is -2.09. The number of halogens is 3. The minimum absolute atomic E-state index is 0.0280. The molecule has 1 aromatic carbocycles. The first kappa shape index (κ1) is 12.7. The van der Waals surface area contributed by atoms with Crippen LogP contribution in [0.15, 0.2) is 18.2 Å². The maximum Gasteiger partial charge on any atom is 0.573 e. The molecule has 0 radical (unpaired) electrons. The summed E-state index contributed by atoms with van der Waals surface area (Å²) in [4.78, 5) is 0. The fraction of sp³-hybridized carbons (Fsp3) is 0.182. The smallest absolute Gasteiger partial charge is 0.406 e. The zero-order valence-corrected chi connectivity index (χ0v) is 8.51. The van der Waals surface area contributed by atoms with Crippen molar-refractivity contribution in [2.45, 2.75) is 12.8 Å². The molecule has 0 aliphatic carbocycles. The third-order valence-corrected chi connectivity index (χ3v) is 1.65. The molecule has 0 saturated heterocycles. The summed E-state index contributed by atoms with van der Waals surface area (Å²) in [6.45, 7) is 0. The molecule has 0 aliphatic heterocycles. The number of nitrogen functional groups attached to an aromatic ring is 1. The molecule has 0 aliphatic rings. The van der Waals surface area contributed by atoms with Gasteiger partial charge in [-0.15, -0.1) is 13.2 Å². The Labute approximate surface area is 95.6 Å². The summed E-state index contributed by atoms with van der Waals surface area (Å²) in [7, 11) is 0. The monoisotopic (exact) mass is 240 g/mol. The molecule has 0 unspecified atom stereocenters. The van der Waals surface area contributed by atoms with E-state index in [0.717, 1.165) is 12.1 Å². The molecule has 2 N–H and O–H groups in total. The molecular formula is C11H7F3N2O. The van der Waals surface area contributed by atoms with E-state index in [9.17, 15) is 13.2 Å². The van der Waals surface area contributed by atoms with Crippen molar-refractivity contribution in [2.75, 3.05) is 5.73 Å². The highest BCUT2D eigenvalue weighted by Crippen LogP contribution is 2.25. The van der Waals surface area contributed by atoms with Gasteiger partial charge >= 0.3 is 6.36 Å². The van der Waals surface area contributed by atoms with Crippen molar-refractivity contribution in [1.82, 2.24) is 0 Å². The highest BCUT2D eigenvalue weighted by atomic mass is 19.4. The standard InChI is InChI=1S/C11H7F3N2O/c12-11(13,14)17-9-5-4-8(10(16)7-9)3-1-2-6-15/h4-5,7H,2,16H2. The summed E-state index contributed by atoms with van der Waals surface area (Å²) in [5.41, 5.74) is 5.91. The Morgan fingerprint density at radius 1 is 1.35 bits per heavy atom. The molecule has 0 fully saturated rings. The third kappa shape index (κ3) is 4.35. The highest BCUT2D eigenvalue weighted by Gasteiger charge is 2.31. The SMILES string of the molecule is N#CCC#Cc1ccc(OC(F)(F)F)cc1N. The molecule has 0 spiro atoms. The molecule has 0 saturated carbocycles. The van der Waals surface area contributed by atoms with Crippen LogP contribution in [0.25, 0.3) is 0 Å². The normalized spacial score (nSPS) is 10.0. The first-order chi connectivity index (χ1) is 7.92. The lowest BCUT2D eigenvalue weighted by atomic mass is 10.2. The van der Waals surface area contributed by atoms with Gasteiger partial charge in [0.1, 0.15) is 5.75 Å². The number of benzene rings is 1. The van der Waals surface area contributed by atoms with Crippen molar-refractivity contribution in [2.24, 2.45) is 0 Å². The molecule has 0 bridgehead atoms. The lowest BCUT2D eigenvalue weighted by Crippen LogP contribution is -2.17. The zero-order chi connectivity index (χ0) is 12.9. The molecule has 0 aromatic heterocycles. The van der Waals surface area contributed by atoms with Crippen LogP contribution in [0.5, 0.6) is 5.75 Å². The van der Waals surface area contributed by atoms with E-state index in [1.54, 1.807) is 0 Å². The van der Waals surface area contributed by atoms with Gasteiger partial charge in [0.2, 0.25) is 0 Å². The molecule has 1 rings (SSSR count). The summed E-state index contributed by atoms with van der Waals surface area (Å²) in [5.74, 6) is 4.67. The fourth-order valence-corrected chi connectivity index (χ4v) is 1.03. The van der Waals surface area contributed by atoms with E-state index in [4.69, 9.17) is 11.0 Å². The summed E-state index contributed by atoms with van der Waals surface area (Å²) in [5, 5.41) is 8.26. The number of ether oxygens (including phenoxy) is 1. The predicted octanol–water partition coefficient (Wildman–Crippen LogP) is 2.43. The van der Waals surface area contributed by atoms with E-state index in [1.165, 1.54) is 6.07 Å². The molecule has 0 heterocycles. The third-order valence-electron chi connectivity index (χ3n) is 1.65. The van der Waals surface area contributed by atoms with Crippen LogP contribution in [-0.2, 0) is 0 Å². The van der Waals surface area contributed by atoms with Crippen molar-refractivity contribution in [3.63, 3.8) is 0 Å². The lowest BCUT2D eigenvalue weighted by molar-refractivity contribution is -0.274. The van der Waals surface area contributed by atoms with Crippen LogP contribution in [0.3, 0.4) is 0 Å². The van der Waals surface area contributed by atoms with E-state index in [1.807, 2.05) is 6.07 Å². The molecule has 3 nitrogen and oxygen atoms in total. The van der Waals surface area contributed by atoms with Gasteiger partial charge in [0.15, 0.2) is 0 Å². The topological polar surface area (TPSA) is 59.0 Å². The molecule has 17 heavy (non-hydrogen) atoms. The van der Waals surface area contributed by atoms with Gasteiger partial charge in [0.25, 0.3) is 0 Å². The maximum absolute atomic E-state index is 11.9. The van der Waals surface area contributed by atoms with E-state index in [2.05, 4.69) is 16.6 Å².